The maximum atomic E-state index is 12.7. The summed E-state index contributed by atoms with van der Waals surface area (Å²) in [5.41, 5.74) is -0.858. The highest BCUT2D eigenvalue weighted by atomic mass is 35.5. The highest BCUT2D eigenvalue weighted by molar-refractivity contribution is 6.33. The lowest BCUT2D eigenvalue weighted by molar-refractivity contribution is -0.137. The predicted octanol–water partition coefficient (Wildman–Crippen LogP) is 3.82. The Morgan fingerprint density at radius 1 is 1.21 bits per heavy atom. The number of alkyl halides is 3. The second kappa shape index (κ2) is 9.78. The number of aromatic nitrogens is 1. The van der Waals surface area contributed by atoms with Gasteiger partial charge in [0.25, 0.3) is 0 Å². The minimum Gasteiger partial charge on any atom is -0.353 e. The topological polar surface area (TPSA) is 48.5 Å². The van der Waals surface area contributed by atoms with Gasteiger partial charge in [0.1, 0.15) is 5.82 Å². The molecule has 28 heavy (non-hydrogen) atoms. The van der Waals surface area contributed by atoms with Crippen molar-refractivity contribution < 1.29 is 18.0 Å². The molecule has 1 atom stereocenters. The minimum absolute atomic E-state index is 0.00427. The van der Waals surface area contributed by atoms with E-state index in [9.17, 15) is 18.0 Å². The summed E-state index contributed by atoms with van der Waals surface area (Å²) in [4.78, 5) is 20.0. The lowest BCUT2D eigenvalue weighted by Crippen LogP contribution is -2.50. The van der Waals surface area contributed by atoms with Crippen molar-refractivity contribution in [2.24, 2.45) is 5.92 Å². The van der Waals surface area contributed by atoms with Crippen LogP contribution in [0.15, 0.2) is 12.3 Å². The lowest BCUT2D eigenvalue weighted by Gasteiger charge is -2.35. The molecular weight excluding hydrogens is 393 g/mol. The summed E-state index contributed by atoms with van der Waals surface area (Å²) in [6.45, 7) is 8.98. The van der Waals surface area contributed by atoms with Gasteiger partial charge in [-0.3, -0.25) is 9.69 Å². The average molecular weight is 421 g/mol. The molecule has 0 aromatic carbocycles. The Morgan fingerprint density at radius 2 is 1.86 bits per heavy atom. The smallest absolute Gasteiger partial charge is 0.353 e. The summed E-state index contributed by atoms with van der Waals surface area (Å²) < 4.78 is 38.2. The summed E-state index contributed by atoms with van der Waals surface area (Å²) in [6.07, 6.45) is -1.64. The molecule has 158 valence electrons. The number of pyridine rings is 1. The van der Waals surface area contributed by atoms with Gasteiger partial charge in [-0.2, -0.15) is 13.2 Å². The van der Waals surface area contributed by atoms with Crippen molar-refractivity contribution in [3.05, 3.63) is 22.8 Å². The van der Waals surface area contributed by atoms with Crippen LogP contribution in [0, 0.1) is 5.92 Å². The normalized spacial score (nSPS) is 17.1. The van der Waals surface area contributed by atoms with Crippen molar-refractivity contribution in [1.29, 1.82) is 0 Å². The summed E-state index contributed by atoms with van der Waals surface area (Å²) in [7, 11) is 0. The van der Waals surface area contributed by atoms with Gasteiger partial charge in [0.2, 0.25) is 5.91 Å². The first kappa shape index (κ1) is 22.7. The van der Waals surface area contributed by atoms with Gasteiger partial charge in [-0.1, -0.05) is 25.4 Å². The van der Waals surface area contributed by atoms with Gasteiger partial charge in [0, 0.05) is 38.4 Å². The number of anilines is 1. The zero-order valence-electron chi connectivity index (χ0n) is 16.5. The Kier molecular flexibility index (Phi) is 7.95. The Labute approximate surface area is 169 Å². The summed E-state index contributed by atoms with van der Waals surface area (Å²) >= 11 is 6.02. The van der Waals surface area contributed by atoms with Crippen LogP contribution in [0.3, 0.4) is 0 Å². The van der Waals surface area contributed by atoms with Crippen LogP contribution in [0.2, 0.25) is 5.02 Å². The van der Waals surface area contributed by atoms with E-state index in [4.69, 9.17) is 11.6 Å². The van der Waals surface area contributed by atoms with Gasteiger partial charge in [0.15, 0.2) is 0 Å². The quantitative estimate of drug-likeness (QED) is 0.728. The molecule has 2 rings (SSSR count). The van der Waals surface area contributed by atoms with Crippen molar-refractivity contribution in [3.63, 3.8) is 0 Å². The van der Waals surface area contributed by atoms with Crippen molar-refractivity contribution in [2.75, 3.05) is 37.6 Å². The van der Waals surface area contributed by atoms with Crippen LogP contribution in [-0.2, 0) is 11.0 Å². The van der Waals surface area contributed by atoms with Crippen LogP contribution >= 0.6 is 11.6 Å². The molecule has 1 fully saturated rings. The standard InChI is InChI=1S/C19H28ClF3N4O/c1-13(2)4-5-14(3)25-17(28)12-26-6-8-27(9-7-26)18-16(20)10-15(11-24-18)19(21,22)23/h10-11,13-14H,4-9,12H2,1-3H3,(H,25,28)/t14-/m1/s1. The molecule has 0 saturated carbocycles. The number of amides is 1. The number of piperazine rings is 1. The lowest BCUT2D eigenvalue weighted by atomic mass is 10.0. The third kappa shape index (κ3) is 6.81. The SMILES string of the molecule is CC(C)CC[C@@H](C)NC(=O)CN1CCN(c2ncc(C(F)(F)F)cc2Cl)CC1. The van der Waals surface area contributed by atoms with Crippen LogP contribution in [0.5, 0.6) is 0 Å². The van der Waals surface area contributed by atoms with Crippen molar-refractivity contribution in [1.82, 2.24) is 15.2 Å². The molecule has 1 amide bonds. The first-order valence-corrected chi connectivity index (χ1v) is 9.93. The molecule has 1 saturated heterocycles. The fourth-order valence-corrected chi connectivity index (χ4v) is 3.40. The van der Waals surface area contributed by atoms with E-state index in [1.807, 2.05) is 16.7 Å². The number of nitrogens with one attached hydrogen (secondary N) is 1. The molecule has 1 aromatic rings. The molecule has 0 unspecified atom stereocenters. The Bertz CT molecular complexity index is 661. The van der Waals surface area contributed by atoms with Gasteiger partial charge in [-0.05, 0) is 31.7 Å². The molecule has 1 aromatic heterocycles. The zero-order valence-corrected chi connectivity index (χ0v) is 17.3. The molecule has 1 aliphatic rings. The molecule has 5 nitrogen and oxygen atoms in total. The number of nitrogens with zero attached hydrogens (tertiary/aromatic N) is 3. The predicted molar refractivity (Wildman–Crippen MR) is 105 cm³/mol. The van der Waals surface area contributed by atoms with Crippen LogP contribution in [0.4, 0.5) is 19.0 Å². The van der Waals surface area contributed by atoms with Crippen molar-refractivity contribution in [2.45, 2.75) is 45.8 Å². The number of halogens is 4. The molecule has 0 radical (unpaired) electrons. The molecule has 1 N–H and O–H groups in total. The largest absolute Gasteiger partial charge is 0.417 e. The summed E-state index contributed by atoms with van der Waals surface area (Å²) in [5.74, 6) is 0.953. The molecule has 0 bridgehead atoms. The van der Waals surface area contributed by atoms with Crippen LogP contribution < -0.4 is 10.2 Å². The maximum absolute atomic E-state index is 12.7. The van der Waals surface area contributed by atoms with Gasteiger partial charge >= 0.3 is 6.18 Å². The zero-order chi connectivity index (χ0) is 20.9. The van der Waals surface area contributed by atoms with E-state index >= 15 is 0 Å². The molecule has 0 aliphatic carbocycles. The third-order valence-electron chi connectivity index (χ3n) is 4.77. The van der Waals surface area contributed by atoms with Gasteiger partial charge < -0.3 is 10.2 Å². The van der Waals surface area contributed by atoms with Crippen molar-refractivity contribution in [3.8, 4) is 0 Å². The fraction of sp³-hybridized carbons (Fsp3) is 0.684. The highest BCUT2D eigenvalue weighted by Crippen LogP contribution is 2.33. The number of carbonyl (C=O) groups is 1. The second-order valence-electron chi connectivity index (χ2n) is 7.73. The van der Waals surface area contributed by atoms with Gasteiger partial charge in [-0.25, -0.2) is 4.98 Å². The van der Waals surface area contributed by atoms with Crippen LogP contribution in [0.1, 0.15) is 39.2 Å². The Balaban J connectivity index is 1.82. The van der Waals surface area contributed by atoms with Crippen LogP contribution in [0.25, 0.3) is 0 Å². The number of rotatable bonds is 7. The molecule has 0 spiro atoms. The van der Waals surface area contributed by atoms with E-state index in [0.717, 1.165) is 25.1 Å². The fourth-order valence-electron chi connectivity index (χ4n) is 3.12. The first-order chi connectivity index (χ1) is 13.1. The molecular formula is C19H28ClF3N4O. The van der Waals surface area contributed by atoms with E-state index in [2.05, 4.69) is 24.1 Å². The van der Waals surface area contributed by atoms with Gasteiger partial charge in [-0.15, -0.1) is 0 Å². The van der Waals surface area contributed by atoms with Crippen LogP contribution in [-0.4, -0.2) is 54.6 Å². The van der Waals surface area contributed by atoms with E-state index < -0.39 is 11.7 Å². The van der Waals surface area contributed by atoms with Crippen molar-refractivity contribution >= 4 is 23.3 Å². The number of carbonyl (C=O) groups excluding carboxylic acids is 1. The number of hydrogen-bond acceptors (Lipinski definition) is 4. The second-order valence-corrected chi connectivity index (χ2v) is 8.14. The Hall–Kier alpha value is -1.54. The average Bonchev–Trinajstić information content (AvgIpc) is 2.60. The van der Waals surface area contributed by atoms with E-state index in [0.29, 0.717) is 44.5 Å². The first-order valence-electron chi connectivity index (χ1n) is 9.55. The molecule has 9 heteroatoms. The highest BCUT2D eigenvalue weighted by Gasteiger charge is 2.32. The van der Waals surface area contributed by atoms with E-state index in [1.165, 1.54) is 0 Å². The number of hydrogen-bond donors (Lipinski definition) is 1. The third-order valence-corrected chi connectivity index (χ3v) is 5.05. The summed E-state index contributed by atoms with van der Waals surface area (Å²) in [6, 6.07) is 1.05. The van der Waals surface area contributed by atoms with E-state index in [-0.39, 0.29) is 17.0 Å². The molecule has 2 heterocycles. The minimum atomic E-state index is -4.46. The van der Waals surface area contributed by atoms with Gasteiger partial charge in [0.05, 0.1) is 17.1 Å². The molecule has 1 aliphatic heterocycles. The Morgan fingerprint density at radius 3 is 2.39 bits per heavy atom. The maximum Gasteiger partial charge on any atom is 0.417 e. The van der Waals surface area contributed by atoms with E-state index in [1.54, 1.807) is 0 Å². The summed E-state index contributed by atoms with van der Waals surface area (Å²) in [5, 5.41) is 3.01. The monoisotopic (exact) mass is 420 g/mol.